The van der Waals surface area contributed by atoms with Gasteiger partial charge in [0.05, 0.1) is 16.3 Å². The molecule has 0 heterocycles. The van der Waals surface area contributed by atoms with Crippen LogP contribution in [0.15, 0.2) is 77.7 Å². The van der Waals surface area contributed by atoms with Gasteiger partial charge in [-0.2, -0.15) is 0 Å². The van der Waals surface area contributed by atoms with Crippen molar-refractivity contribution < 1.29 is 13.2 Å². The normalized spacial score (nSPS) is 11.1. The van der Waals surface area contributed by atoms with Gasteiger partial charge in [-0.3, -0.25) is 9.52 Å². The molecule has 0 bridgehead atoms. The minimum Gasteiger partial charge on any atom is -0.325 e. The van der Waals surface area contributed by atoms with Crippen LogP contribution in [-0.4, -0.2) is 20.1 Å². The molecule has 5 nitrogen and oxygen atoms in total. The summed E-state index contributed by atoms with van der Waals surface area (Å²) in [5, 5.41) is 2.80. The van der Waals surface area contributed by atoms with Crippen LogP contribution < -0.4 is 10.0 Å². The van der Waals surface area contributed by atoms with E-state index in [1.807, 2.05) is 26.0 Å². The van der Waals surface area contributed by atoms with Gasteiger partial charge in [-0.05, 0) is 55.3 Å². The zero-order chi connectivity index (χ0) is 21.6. The van der Waals surface area contributed by atoms with Crippen LogP contribution in [0.3, 0.4) is 0 Å². The second kappa shape index (κ2) is 9.82. The van der Waals surface area contributed by atoms with E-state index in [9.17, 15) is 13.2 Å². The van der Waals surface area contributed by atoms with E-state index < -0.39 is 10.0 Å². The summed E-state index contributed by atoms with van der Waals surface area (Å²) in [5.74, 6) is 0.957. The zero-order valence-electron chi connectivity index (χ0n) is 16.9. The number of aryl methyl sites for hydroxylation is 2. The van der Waals surface area contributed by atoms with E-state index in [1.54, 1.807) is 24.3 Å². The first-order valence-corrected chi connectivity index (χ1v) is 12.1. The van der Waals surface area contributed by atoms with Gasteiger partial charge in [0.25, 0.3) is 10.0 Å². The van der Waals surface area contributed by atoms with Crippen molar-refractivity contribution in [1.29, 1.82) is 0 Å². The number of sulfonamides is 1. The average molecular weight is 441 g/mol. The van der Waals surface area contributed by atoms with Gasteiger partial charge in [-0.15, -0.1) is 11.8 Å². The fraction of sp³-hybridized carbons (Fsp3) is 0.174. The third-order valence-corrected chi connectivity index (χ3v) is 6.85. The van der Waals surface area contributed by atoms with Gasteiger partial charge in [-0.25, -0.2) is 8.42 Å². The average Bonchev–Trinajstić information content (AvgIpc) is 2.71. The second-order valence-corrected chi connectivity index (χ2v) is 9.64. The lowest BCUT2D eigenvalue weighted by Crippen LogP contribution is -2.15. The Morgan fingerprint density at radius 1 is 0.900 bits per heavy atom. The standard InChI is InChI=1S/C23H24N2O3S2/c1-17-7-9-19(10-8-17)15-29-16-23(26)24-20-11-13-21(14-12-20)30(27,28)25-22-6-4-3-5-18(22)2/h3-14,25H,15-16H2,1-2H3,(H,24,26). The summed E-state index contributed by atoms with van der Waals surface area (Å²) in [6, 6.07) is 21.6. The van der Waals surface area contributed by atoms with Crippen LogP contribution in [0.5, 0.6) is 0 Å². The maximum Gasteiger partial charge on any atom is 0.261 e. The van der Waals surface area contributed by atoms with E-state index in [1.165, 1.54) is 35.0 Å². The summed E-state index contributed by atoms with van der Waals surface area (Å²) >= 11 is 1.53. The minimum atomic E-state index is -3.70. The van der Waals surface area contributed by atoms with Gasteiger partial charge in [-0.1, -0.05) is 48.0 Å². The zero-order valence-corrected chi connectivity index (χ0v) is 18.5. The Morgan fingerprint density at radius 3 is 2.23 bits per heavy atom. The van der Waals surface area contributed by atoms with Gasteiger partial charge in [0.2, 0.25) is 5.91 Å². The first-order valence-electron chi connectivity index (χ1n) is 9.45. The van der Waals surface area contributed by atoms with Gasteiger partial charge in [0.1, 0.15) is 0 Å². The Balaban J connectivity index is 1.54. The maximum absolute atomic E-state index is 12.6. The third kappa shape index (κ3) is 6.11. The minimum absolute atomic E-state index is 0.124. The van der Waals surface area contributed by atoms with Gasteiger partial charge in [0.15, 0.2) is 0 Å². The van der Waals surface area contributed by atoms with Crippen LogP contribution in [0.2, 0.25) is 0 Å². The van der Waals surface area contributed by atoms with Crippen molar-refractivity contribution in [3.8, 4) is 0 Å². The molecule has 1 amide bonds. The van der Waals surface area contributed by atoms with E-state index in [0.29, 0.717) is 17.1 Å². The number of carbonyl (C=O) groups is 1. The van der Waals surface area contributed by atoms with Crippen LogP contribution in [-0.2, 0) is 20.6 Å². The Labute approximate surface area is 182 Å². The fourth-order valence-electron chi connectivity index (χ4n) is 2.75. The molecule has 0 saturated carbocycles. The number of hydrogen-bond donors (Lipinski definition) is 2. The SMILES string of the molecule is Cc1ccc(CSCC(=O)Nc2ccc(S(=O)(=O)Nc3ccccc3C)cc2)cc1. The predicted molar refractivity (Wildman–Crippen MR) is 124 cm³/mol. The largest absolute Gasteiger partial charge is 0.325 e. The first kappa shape index (κ1) is 21.9. The lowest BCUT2D eigenvalue weighted by atomic mass is 10.2. The smallest absolute Gasteiger partial charge is 0.261 e. The molecule has 2 N–H and O–H groups in total. The van der Waals surface area contributed by atoms with Crippen LogP contribution in [0.4, 0.5) is 11.4 Å². The van der Waals surface area contributed by atoms with Gasteiger partial charge < -0.3 is 5.32 Å². The number of benzene rings is 3. The Morgan fingerprint density at radius 2 is 1.57 bits per heavy atom. The van der Waals surface area contributed by atoms with Crippen molar-refractivity contribution in [2.75, 3.05) is 15.8 Å². The maximum atomic E-state index is 12.6. The van der Waals surface area contributed by atoms with Gasteiger partial charge >= 0.3 is 0 Å². The van der Waals surface area contributed by atoms with Crippen molar-refractivity contribution in [3.63, 3.8) is 0 Å². The van der Waals surface area contributed by atoms with Crippen LogP contribution >= 0.6 is 11.8 Å². The quantitative estimate of drug-likeness (QED) is 0.518. The van der Waals surface area contributed by atoms with E-state index in [2.05, 4.69) is 34.3 Å². The third-order valence-electron chi connectivity index (χ3n) is 4.46. The molecule has 0 aliphatic carbocycles. The number of para-hydroxylation sites is 1. The number of carbonyl (C=O) groups excluding carboxylic acids is 1. The topological polar surface area (TPSA) is 75.3 Å². The highest BCUT2D eigenvalue weighted by atomic mass is 32.2. The summed E-state index contributed by atoms with van der Waals surface area (Å²) < 4.78 is 27.8. The van der Waals surface area contributed by atoms with E-state index in [-0.39, 0.29) is 10.8 Å². The van der Waals surface area contributed by atoms with Crippen molar-refractivity contribution in [2.45, 2.75) is 24.5 Å². The fourth-order valence-corrected chi connectivity index (χ4v) is 4.67. The number of rotatable bonds is 8. The van der Waals surface area contributed by atoms with Crippen LogP contribution in [0, 0.1) is 13.8 Å². The van der Waals surface area contributed by atoms with Crippen molar-refractivity contribution in [2.24, 2.45) is 0 Å². The number of anilines is 2. The number of nitrogens with one attached hydrogen (secondary N) is 2. The molecule has 3 aromatic carbocycles. The number of thioether (sulfide) groups is 1. The Hall–Kier alpha value is -2.77. The molecular formula is C23H24N2O3S2. The molecule has 30 heavy (non-hydrogen) atoms. The molecule has 0 fully saturated rings. The first-order chi connectivity index (χ1) is 14.3. The highest BCUT2D eigenvalue weighted by Gasteiger charge is 2.15. The Bertz CT molecular complexity index is 1110. The highest BCUT2D eigenvalue weighted by Crippen LogP contribution is 2.21. The summed E-state index contributed by atoms with van der Waals surface area (Å²) in [5.41, 5.74) is 4.33. The van der Waals surface area contributed by atoms with Crippen LogP contribution in [0.1, 0.15) is 16.7 Å². The second-order valence-electron chi connectivity index (χ2n) is 6.97. The number of amides is 1. The van der Waals surface area contributed by atoms with E-state index in [4.69, 9.17) is 0 Å². The lowest BCUT2D eigenvalue weighted by molar-refractivity contribution is -0.113. The summed E-state index contributed by atoms with van der Waals surface area (Å²) in [6.07, 6.45) is 0. The highest BCUT2D eigenvalue weighted by molar-refractivity contribution is 7.99. The molecule has 0 aromatic heterocycles. The molecule has 3 aromatic rings. The number of hydrogen-bond acceptors (Lipinski definition) is 4. The summed E-state index contributed by atoms with van der Waals surface area (Å²) in [6.45, 7) is 3.88. The van der Waals surface area contributed by atoms with E-state index in [0.717, 1.165) is 11.3 Å². The predicted octanol–water partition coefficient (Wildman–Crippen LogP) is 4.98. The molecule has 3 rings (SSSR count). The molecule has 0 saturated heterocycles. The molecule has 0 radical (unpaired) electrons. The monoisotopic (exact) mass is 440 g/mol. The lowest BCUT2D eigenvalue weighted by Gasteiger charge is -2.11. The molecule has 7 heteroatoms. The summed E-state index contributed by atoms with van der Waals surface area (Å²) in [7, 11) is -3.70. The van der Waals surface area contributed by atoms with E-state index >= 15 is 0 Å². The molecule has 0 aliphatic rings. The molecule has 0 aliphatic heterocycles. The van der Waals surface area contributed by atoms with Crippen molar-refractivity contribution >= 4 is 39.1 Å². The van der Waals surface area contributed by atoms with Gasteiger partial charge in [0, 0.05) is 11.4 Å². The molecule has 0 unspecified atom stereocenters. The summed E-state index contributed by atoms with van der Waals surface area (Å²) in [4.78, 5) is 12.3. The van der Waals surface area contributed by atoms with Crippen molar-refractivity contribution in [1.82, 2.24) is 0 Å². The van der Waals surface area contributed by atoms with Crippen LogP contribution in [0.25, 0.3) is 0 Å². The van der Waals surface area contributed by atoms with Crippen molar-refractivity contribution in [3.05, 3.63) is 89.5 Å². The molecule has 0 atom stereocenters. The molecule has 0 spiro atoms. The molecule has 156 valence electrons. The molecular weight excluding hydrogens is 416 g/mol. The Kier molecular flexibility index (Phi) is 7.18.